The van der Waals surface area contributed by atoms with E-state index >= 15 is 0 Å². The molecule has 234 valence electrons. The van der Waals surface area contributed by atoms with Crippen LogP contribution in [0.25, 0.3) is 0 Å². The number of H-pyrrole nitrogens is 1. The van der Waals surface area contributed by atoms with E-state index < -0.39 is 40.8 Å². The first kappa shape index (κ1) is 32.4. The summed E-state index contributed by atoms with van der Waals surface area (Å²) in [6, 6.07) is 11.8. The summed E-state index contributed by atoms with van der Waals surface area (Å²) in [5, 5.41) is 8.94. The van der Waals surface area contributed by atoms with E-state index in [4.69, 9.17) is 9.47 Å². The molecule has 11 heteroatoms. The molecule has 0 bridgehead atoms. The first-order valence-electron chi connectivity index (χ1n) is 14.9. The first-order chi connectivity index (χ1) is 21.0. The highest BCUT2D eigenvalue weighted by Gasteiger charge is 2.53. The summed E-state index contributed by atoms with van der Waals surface area (Å²) in [6.45, 7) is 9.08. The molecule has 3 atom stereocenters. The molecule has 0 radical (unpaired) electrons. The lowest BCUT2D eigenvalue weighted by Crippen LogP contribution is -2.56. The van der Waals surface area contributed by atoms with Crippen molar-refractivity contribution in [1.82, 2.24) is 20.4 Å². The van der Waals surface area contributed by atoms with Crippen molar-refractivity contribution in [2.24, 2.45) is 5.41 Å². The highest BCUT2D eigenvalue weighted by molar-refractivity contribution is 5.97. The number of likely N-dealkylation sites (tertiary alicyclic amines) is 1. The van der Waals surface area contributed by atoms with Crippen LogP contribution in [0.5, 0.6) is 11.5 Å². The van der Waals surface area contributed by atoms with Crippen molar-refractivity contribution in [3.8, 4) is 11.5 Å². The van der Waals surface area contributed by atoms with E-state index in [1.165, 1.54) is 30.3 Å². The number of halogens is 1. The molecular weight excluding hydrogens is 567 g/mol. The average molecular weight is 607 g/mol. The molecule has 0 unspecified atom stereocenters. The van der Waals surface area contributed by atoms with Crippen LogP contribution in [0.1, 0.15) is 81.0 Å². The van der Waals surface area contributed by atoms with Crippen LogP contribution in [0.2, 0.25) is 0 Å². The van der Waals surface area contributed by atoms with E-state index in [0.29, 0.717) is 42.7 Å². The molecule has 10 nitrogen and oxygen atoms in total. The summed E-state index contributed by atoms with van der Waals surface area (Å²) in [5.74, 6) is -1.24. The molecule has 0 aliphatic carbocycles. The number of nitrogens with zero attached hydrogens (tertiary/aromatic N) is 2. The summed E-state index contributed by atoms with van der Waals surface area (Å²) in [7, 11) is 0. The van der Waals surface area contributed by atoms with Gasteiger partial charge in [-0.1, -0.05) is 26.0 Å². The zero-order valence-electron chi connectivity index (χ0n) is 25.7. The van der Waals surface area contributed by atoms with Crippen molar-refractivity contribution >= 4 is 17.8 Å². The molecule has 1 aliphatic rings. The number of aromatic amines is 1. The van der Waals surface area contributed by atoms with Crippen LogP contribution in [0.15, 0.2) is 59.4 Å². The molecule has 1 saturated heterocycles. The summed E-state index contributed by atoms with van der Waals surface area (Å²) in [6.07, 6.45) is 1.96. The molecule has 2 N–H and O–H groups in total. The molecule has 3 aromatic rings. The second-order valence-corrected chi connectivity index (χ2v) is 11.0. The molecule has 1 fully saturated rings. The number of esters is 1. The molecule has 1 aromatic heterocycles. The zero-order valence-corrected chi connectivity index (χ0v) is 25.7. The minimum absolute atomic E-state index is 0.0694. The van der Waals surface area contributed by atoms with Gasteiger partial charge in [-0.15, -0.1) is 0 Å². The van der Waals surface area contributed by atoms with Crippen LogP contribution in [0.3, 0.4) is 0 Å². The minimum atomic E-state index is -0.956. The van der Waals surface area contributed by atoms with Crippen molar-refractivity contribution < 1.29 is 28.2 Å². The van der Waals surface area contributed by atoms with Gasteiger partial charge in [-0.2, -0.15) is 5.10 Å². The van der Waals surface area contributed by atoms with Gasteiger partial charge < -0.3 is 19.7 Å². The quantitative estimate of drug-likeness (QED) is 0.286. The van der Waals surface area contributed by atoms with Crippen molar-refractivity contribution in [2.45, 2.75) is 78.4 Å². The fourth-order valence-corrected chi connectivity index (χ4v) is 6.05. The van der Waals surface area contributed by atoms with Gasteiger partial charge in [-0.25, -0.2) is 9.49 Å². The van der Waals surface area contributed by atoms with Crippen LogP contribution in [-0.4, -0.2) is 51.6 Å². The number of aromatic nitrogens is 2. The largest absolute Gasteiger partial charge is 0.466 e. The smallest absolute Gasteiger partial charge is 0.314 e. The first-order valence-corrected chi connectivity index (χ1v) is 14.9. The monoisotopic (exact) mass is 606 g/mol. The van der Waals surface area contributed by atoms with Crippen molar-refractivity contribution in [3.05, 3.63) is 87.6 Å². The molecule has 1 aliphatic heterocycles. The van der Waals surface area contributed by atoms with Crippen LogP contribution in [0, 0.1) is 18.2 Å². The van der Waals surface area contributed by atoms with Gasteiger partial charge in [0.1, 0.15) is 17.6 Å². The van der Waals surface area contributed by atoms with Gasteiger partial charge in [-0.05, 0) is 88.4 Å². The van der Waals surface area contributed by atoms with E-state index in [0.717, 1.165) is 0 Å². The van der Waals surface area contributed by atoms with Gasteiger partial charge in [0, 0.05) is 17.7 Å². The fourth-order valence-electron chi connectivity index (χ4n) is 6.05. The Labute approximate surface area is 255 Å². The number of ether oxygens (including phenoxy) is 2. The Morgan fingerprint density at radius 3 is 2.43 bits per heavy atom. The molecule has 2 aromatic carbocycles. The Kier molecular flexibility index (Phi) is 10.2. The lowest BCUT2D eigenvalue weighted by Gasteiger charge is -2.42. The third-order valence-corrected chi connectivity index (χ3v) is 8.41. The Bertz CT molecular complexity index is 1550. The van der Waals surface area contributed by atoms with Gasteiger partial charge in [0.05, 0.1) is 23.8 Å². The number of benzene rings is 2. The highest BCUT2D eigenvalue weighted by Crippen LogP contribution is 2.47. The number of amides is 2. The van der Waals surface area contributed by atoms with Gasteiger partial charge in [0.2, 0.25) is 5.91 Å². The van der Waals surface area contributed by atoms with Crippen LogP contribution < -0.4 is 15.6 Å². The van der Waals surface area contributed by atoms with Crippen molar-refractivity contribution in [3.63, 3.8) is 0 Å². The third kappa shape index (κ3) is 6.66. The molecular formula is C33H39FN4O6. The van der Waals surface area contributed by atoms with E-state index in [9.17, 15) is 23.6 Å². The van der Waals surface area contributed by atoms with Crippen LogP contribution in [0.4, 0.5) is 4.39 Å². The molecule has 0 saturated carbocycles. The summed E-state index contributed by atoms with van der Waals surface area (Å²) < 4.78 is 25.4. The fraction of sp³-hybridized carbons (Fsp3) is 0.424. The Hall–Kier alpha value is -4.54. The van der Waals surface area contributed by atoms with Gasteiger partial charge >= 0.3 is 11.5 Å². The molecule has 2 heterocycles. The molecule has 4 rings (SSSR count). The Morgan fingerprint density at radius 1 is 1.09 bits per heavy atom. The third-order valence-electron chi connectivity index (χ3n) is 8.41. The summed E-state index contributed by atoms with van der Waals surface area (Å²) >= 11 is 0. The SMILES string of the molecule is CCOC(=O)C(CC)(CC)[C@H]1CC[C@@H](c2cccc(F)c2)N1C(=O)[C@@H](C)NC(=O)c1ccc(Oc2cc(C)n[nH]c2=O)cc1. The van der Waals surface area contributed by atoms with Crippen molar-refractivity contribution in [2.75, 3.05) is 6.61 Å². The second-order valence-electron chi connectivity index (χ2n) is 11.0. The minimum Gasteiger partial charge on any atom is -0.466 e. The van der Waals surface area contributed by atoms with Crippen LogP contribution in [-0.2, 0) is 14.3 Å². The van der Waals surface area contributed by atoms with E-state index in [-0.39, 0.29) is 29.8 Å². The molecule has 0 spiro atoms. The maximum absolute atomic E-state index is 14.3. The Morgan fingerprint density at radius 2 is 1.80 bits per heavy atom. The van der Waals surface area contributed by atoms with Crippen LogP contribution >= 0.6 is 0 Å². The van der Waals surface area contributed by atoms with Gasteiger partial charge in [-0.3, -0.25) is 19.2 Å². The second kappa shape index (κ2) is 13.8. The maximum atomic E-state index is 14.3. The highest BCUT2D eigenvalue weighted by atomic mass is 19.1. The number of aryl methyl sites for hydroxylation is 1. The summed E-state index contributed by atoms with van der Waals surface area (Å²) in [5.41, 5.74) is 0.0382. The lowest BCUT2D eigenvalue weighted by molar-refractivity contribution is -0.163. The van der Waals surface area contributed by atoms with E-state index in [1.807, 2.05) is 13.8 Å². The Balaban J connectivity index is 1.57. The number of nitrogens with one attached hydrogen (secondary N) is 2. The summed E-state index contributed by atoms with van der Waals surface area (Å²) in [4.78, 5) is 54.4. The number of carbonyl (C=O) groups is 3. The normalized spacial score (nSPS) is 17.2. The van der Waals surface area contributed by atoms with Crippen molar-refractivity contribution in [1.29, 1.82) is 0 Å². The lowest BCUT2D eigenvalue weighted by atomic mass is 9.74. The number of carbonyl (C=O) groups excluding carboxylic acids is 3. The van der Waals surface area contributed by atoms with Gasteiger partial charge in [0.25, 0.3) is 5.91 Å². The topological polar surface area (TPSA) is 131 Å². The molecule has 44 heavy (non-hydrogen) atoms. The molecule has 2 amide bonds. The predicted octanol–water partition coefficient (Wildman–Crippen LogP) is 5.23. The maximum Gasteiger partial charge on any atom is 0.314 e. The number of rotatable bonds is 11. The number of hydrogen-bond donors (Lipinski definition) is 2. The van der Waals surface area contributed by atoms with E-state index in [2.05, 4.69) is 15.5 Å². The zero-order chi connectivity index (χ0) is 32.0. The van der Waals surface area contributed by atoms with E-state index in [1.54, 1.807) is 49.9 Å². The number of hydrogen-bond acceptors (Lipinski definition) is 7. The standard InChI is InChI=1S/C33H39FN4O6/c1-6-33(7-2,32(42)43-8-3)28-17-16-26(23-10-9-11-24(34)19-23)38(28)31(41)21(5)35-29(39)22-12-14-25(15-13-22)44-27-18-20(4)36-37-30(27)40/h9-15,18-19,21,26,28H,6-8,16-17H2,1-5H3,(H,35,39)(H,37,40)/t21-,26+,28-/m1/s1. The predicted molar refractivity (Wildman–Crippen MR) is 162 cm³/mol. The average Bonchev–Trinajstić information content (AvgIpc) is 3.45. The van der Waals surface area contributed by atoms with Gasteiger partial charge in [0.15, 0.2) is 5.75 Å².